The molecule has 0 saturated heterocycles. The number of rotatable bonds is 2. The smallest absolute Gasteiger partial charge is 0.222 e. The zero-order chi connectivity index (χ0) is 14.2. The molecule has 106 valence electrons. The Morgan fingerprint density at radius 2 is 2.10 bits per heavy atom. The van der Waals surface area contributed by atoms with Crippen LogP contribution in [0.25, 0.3) is 0 Å². The molecule has 0 aliphatic carbocycles. The van der Waals surface area contributed by atoms with E-state index in [0.717, 1.165) is 12.4 Å². The van der Waals surface area contributed by atoms with Crippen molar-refractivity contribution < 1.29 is 0 Å². The Morgan fingerprint density at radius 3 is 2.86 bits per heavy atom. The molecular weight excluding hydrogens is 280 g/mol. The Balaban J connectivity index is 1.72. The molecule has 2 aromatic heterocycles. The van der Waals surface area contributed by atoms with Crippen LogP contribution >= 0.6 is 11.3 Å². The summed E-state index contributed by atoms with van der Waals surface area (Å²) in [5, 5.41) is 10.0. The van der Waals surface area contributed by atoms with Gasteiger partial charge in [0.15, 0.2) is 0 Å². The maximum atomic E-state index is 4.39. The van der Waals surface area contributed by atoms with E-state index in [0.29, 0.717) is 0 Å². The highest BCUT2D eigenvalue weighted by atomic mass is 32.1. The number of thiophene rings is 1. The van der Waals surface area contributed by atoms with E-state index < -0.39 is 0 Å². The van der Waals surface area contributed by atoms with Crippen molar-refractivity contribution in [3.05, 3.63) is 64.1 Å². The van der Waals surface area contributed by atoms with Gasteiger partial charge in [0, 0.05) is 4.88 Å². The molecule has 0 amide bonds. The van der Waals surface area contributed by atoms with E-state index in [2.05, 4.69) is 64.1 Å². The van der Waals surface area contributed by atoms with Crippen molar-refractivity contribution in [2.45, 2.75) is 25.4 Å². The molecule has 1 aliphatic heterocycles. The molecule has 4 rings (SSSR count). The molecule has 0 saturated carbocycles. The highest BCUT2D eigenvalue weighted by Gasteiger charge is 2.30. The van der Waals surface area contributed by atoms with Gasteiger partial charge in [-0.15, -0.1) is 11.3 Å². The predicted molar refractivity (Wildman–Crippen MR) is 84.6 cm³/mol. The summed E-state index contributed by atoms with van der Waals surface area (Å²) in [4.78, 5) is 5.69. The summed E-state index contributed by atoms with van der Waals surface area (Å²) >= 11 is 1.78. The van der Waals surface area contributed by atoms with Crippen molar-refractivity contribution >= 4 is 17.3 Å². The van der Waals surface area contributed by atoms with Gasteiger partial charge in [0.25, 0.3) is 0 Å². The van der Waals surface area contributed by atoms with E-state index in [9.17, 15) is 0 Å². The number of nitrogens with zero attached hydrogens (tertiary/aromatic N) is 3. The summed E-state index contributed by atoms with van der Waals surface area (Å²) in [7, 11) is 0. The van der Waals surface area contributed by atoms with Gasteiger partial charge in [0.1, 0.15) is 6.33 Å². The van der Waals surface area contributed by atoms with Crippen LogP contribution in [-0.4, -0.2) is 14.8 Å². The number of benzene rings is 1. The molecule has 0 spiro atoms. The van der Waals surface area contributed by atoms with Crippen LogP contribution in [0.3, 0.4) is 0 Å². The lowest BCUT2D eigenvalue weighted by atomic mass is 9.96. The largest absolute Gasteiger partial charge is 0.348 e. The van der Waals surface area contributed by atoms with E-state index in [1.165, 1.54) is 16.0 Å². The quantitative estimate of drug-likeness (QED) is 0.782. The number of fused-ring (bicyclic) bond motifs is 1. The fourth-order valence-corrected chi connectivity index (χ4v) is 3.68. The molecule has 3 aromatic rings. The number of nitrogens with one attached hydrogen (secondary N) is 1. The Kier molecular flexibility index (Phi) is 3.00. The minimum Gasteiger partial charge on any atom is -0.348 e. The van der Waals surface area contributed by atoms with Gasteiger partial charge < -0.3 is 5.32 Å². The number of hydrogen-bond acceptors (Lipinski definition) is 4. The Labute approximate surface area is 127 Å². The van der Waals surface area contributed by atoms with E-state index in [1.54, 1.807) is 17.7 Å². The molecule has 1 aromatic carbocycles. The topological polar surface area (TPSA) is 42.7 Å². The van der Waals surface area contributed by atoms with Gasteiger partial charge >= 0.3 is 0 Å². The summed E-state index contributed by atoms with van der Waals surface area (Å²) in [6, 6.07) is 13.5. The lowest BCUT2D eigenvalue weighted by Crippen LogP contribution is -2.27. The number of aryl methyl sites for hydroxylation is 1. The van der Waals surface area contributed by atoms with E-state index in [4.69, 9.17) is 0 Å². The molecule has 21 heavy (non-hydrogen) atoms. The molecule has 5 heteroatoms. The number of hydrogen-bond donors (Lipinski definition) is 1. The fraction of sp³-hybridized carbons (Fsp3) is 0.250. The van der Waals surface area contributed by atoms with Crippen molar-refractivity contribution in [3.8, 4) is 0 Å². The summed E-state index contributed by atoms with van der Waals surface area (Å²) < 4.78 is 2.00. The first kappa shape index (κ1) is 12.6. The second kappa shape index (κ2) is 5.00. The lowest BCUT2D eigenvalue weighted by Gasteiger charge is -2.31. The molecule has 3 heterocycles. The van der Waals surface area contributed by atoms with Gasteiger partial charge in [0.05, 0.1) is 12.1 Å². The van der Waals surface area contributed by atoms with Gasteiger partial charge in [-0.05, 0) is 30.4 Å². The first-order valence-electron chi connectivity index (χ1n) is 7.07. The molecule has 1 N–H and O–H groups in total. The van der Waals surface area contributed by atoms with Gasteiger partial charge in [-0.2, -0.15) is 10.1 Å². The SMILES string of the molecule is Cc1ccc([C@@H]2C[C@H](c3cccs3)n3ncnc3N2)cc1. The molecule has 0 fully saturated rings. The molecule has 0 unspecified atom stereocenters. The van der Waals surface area contributed by atoms with Crippen molar-refractivity contribution in [1.29, 1.82) is 0 Å². The summed E-state index contributed by atoms with van der Waals surface area (Å²) in [5.41, 5.74) is 2.59. The first-order valence-corrected chi connectivity index (χ1v) is 7.95. The van der Waals surface area contributed by atoms with Crippen LogP contribution in [-0.2, 0) is 0 Å². The normalized spacial score (nSPS) is 20.8. The monoisotopic (exact) mass is 296 g/mol. The van der Waals surface area contributed by atoms with Crippen LogP contribution in [0.1, 0.15) is 34.5 Å². The summed E-state index contributed by atoms with van der Waals surface area (Å²) in [6.45, 7) is 2.11. The molecule has 0 bridgehead atoms. The van der Waals surface area contributed by atoms with Crippen LogP contribution in [0.2, 0.25) is 0 Å². The Hall–Kier alpha value is -2.14. The lowest BCUT2D eigenvalue weighted by molar-refractivity contribution is 0.436. The molecule has 2 atom stereocenters. The standard InChI is InChI=1S/C16H16N4S/c1-11-4-6-12(7-5-11)13-9-14(15-3-2-8-21-15)20-16(19-13)17-10-18-20/h2-8,10,13-14H,9H2,1H3,(H,17,18,19)/t13-,14+/m0/s1. The maximum Gasteiger partial charge on any atom is 0.222 e. The molecule has 4 nitrogen and oxygen atoms in total. The van der Waals surface area contributed by atoms with Crippen molar-refractivity contribution in [2.24, 2.45) is 0 Å². The third-order valence-corrected chi connectivity index (χ3v) is 4.96. The van der Waals surface area contributed by atoms with Crippen LogP contribution in [0.4, 0.5) is 5.95 Å². The molecule has 0 radical (unpaired) electrons. The Bertz CT molecular complexity index is 730. The third-order valence-electron chi connectivity index (χ3n) is 3.98. The third kappa shape index (κ3) is 2.23. The maximum absolute atomic E-state index is 4.39. The summed E-state index contributed by atoms with van der Waals surface area (Å²) in [6.07, 6.45) is 2.61. The molecule has 1 aliphatic rings. The van der Waals surface area contributed by atoms with Gasteiger partial charge in [-0.25, -0.2) is 4.68 Å². The van der Waals surface area contributed by atoms with Gasteiger partial charge in [0.2, 0.25) is 5.95 Å². The van der Waals surface area contributed by atoms with Crippen LogP contribution < -0.4 is 5.32 Å². The van der Waals surface area contributed by atoms with E-state index >= 15 is 0 Å². The van der Waals surface area contributed by atoms with Crippen LogP contribution in [0.15, 0.2) is 48.1 Å². The predicted octanol–water partition coefficient (Wildman–Crippen LogP) is 3.79. The first-order chi connectivity index (χ1) is 10.3. The fourth-order valence-electron chi connectivity index (χ4n) is 2.86. The number of aromatic nitrogens is 3. The minimum atomic E-state index is 0.259. The highest BCUT2D eigenvalue weighted by molar-refractivity contribution is 7.10. The highest BCUT2D eigenvalue weighted by Crippen LogP contribution is 2.38. The Morgan fingerprint density at radius 1 is 1.24 bits per heavy atom. The second-order valence-corrected chi connectivity index (χ2v) is 6.38. The van der Waals surface area contributed by atoms with Crippen LogP contribution in [0, 0.1) is 6.92 Å². The van der Waals surface area contributed by atoms with Crippen LogP contribution in [0.5, 0.6) is 0 Å². The summed E-state index contributed by atoms with van der Waals surface area (Å²) in [5.74, 6) is 0.852. The molecular formula is C16H16N4S. The van der Waals surface area contributed by atoms with Gasteiger partial charge in [-0.1, -0.05) is 35.9 Å². The van der Waals surface area contributed by atoms with E-state index in [1.807, 2.05) is 4.68 Å². The van der Waals surface area contributed by atoms with Crippen molar-refractivity contribution in [1.82, 2.24) is 14.8 Å². The number of anilines is 1. The van der Waals surface area contributed by atoms with Crippen molar-refractivity contribution in [3.63, 3.8) is 0 Å². The zero-order valence-corrected chi connectivity index (χ0v) is 12.5. The van der Waals surface area contributed by atoms with Crippen molar-refractivity contribution in [2.75, 3.05) is 5.32 Å². The van der Waals surface area contributed by atoms with E-state index in [-0.39, 0.29) is 12.1 Å². The minimum absolute atomic E-state index is 0.259. The zero-order valence-electron chi connectivity index (χ0n) is 11.7. The average Bonchev–Trinajstić information content (AvgIpc) is 3.18. The second-order valence-electron chi connectivity index (χ2n) is 5.40. The average molecular weight is 296 g/mol. The van der Waals surface area contributed by atoms with Gasteiger partial charge in [-0.3, -0.25) is 0 Å².